The fraction of sp³-hybridized carbons (Fsp3) is 0.500. The van der Waals surface area contributed by atoms with Crippen LogP contribution in [0.15, 0.2) is 18.2 Å². The molecule has 0 aliphatic carbocycles. The number of nitrogens with one attached hydrogen (secondary N) is 1. The van der Waals surface area contributed by atoms with Crippen molar-refractivity contribution < 1.29 is 14.3 Å². The highest BCUT2D eigenvalue weighted by Gasteiger charge is 2.11. The van der Waals surface area contributed by atoms with Crippen molar-refractivity contribution >= 4 is 5.91 Å². The summed E-state index contributed by atoms with van der Waals surface area (Å²) in [6, 6.07) is 5.69. The summed E-state index contributed by atoms with van der Waals surface area (Å²) in [7, 11) is 0. The summed E-state index contributed by atoms with van der Waals surface area (Å²) in [6.07, 6.45) is 2.23. The number of benzene rings is 1. The van der Waals surface area contributed by atoms with Gasteiger partial charge in [-0.3, -0.25) is 4.79 Å². The molecule has 1 aromatic rings. The quantitative estimate of drug-likeness (QED) is 0.886. The van der Waals surface area contributed by atoms with Crippen molar-refractivity contribution in [3.05, 3.63) is 23.8 Å². The highest BCUT2D eigenvalue weighted by Crippen LogP contribution is 2.30. The molecule has 4 nitrogen and oxygen atoms in total. The van der Waals surface area contributed by atoms with Gasteiger partial charge in [0.1, 0.15) is 0 Å². The van der Waals surface area contributed by atoms with Crippen LogP contribution in [0.5, 0.6) is 11.5 Å². The molecule has 0 aromatic heterocycles. The topological polar surface area (TPSA) is 47.6 Å². The summed E-state index contributed by atoms with van der Waals surface area (Å²) in [5, 5.41) is 2.86. The van der Waals surface area contributed by atoms with Crippen LogP contribution in [-0.4, -0.2) is 25.7 Å². The first-order valence-corrected chi connectivity index (χ1v) is 6.45. The molecule has 1 heterocycles. The third-order valence-corrected chi connectivity index (χ3v) is 2.75. The average Bonchev–Trinajstić information content (AvgIpc) is 2.61. The summed E-state index contributed by atoms with van der Waals surface area (Å²) < 4.78 is 11.1. The highest BCUT2D eigenvalue weighted by molar-refractivity contribution is 5.78. The number of carbonyl (C=O) groups excluding carboxylic acids is 1. The average molecular weight is 249 g/mol. The Balaban J connectivity index is 2.01. The van der Waals surface area contributed by atoms with Gasteiger partial charge < -0.3 is 14.8 Å². The molecule has 0 radical (unpaired) electrons. The summed E-state index contributed by atoms with van der Waals surface area (Å²) in [5.74, 6) is 1.56. The van der Waals surface area contributed by atoms with Crippen molar-refractivity contribution in [2.24, 2.45) is 0 Å². The Morgan fingerprint density at radius 3 is 2.83 bits per heavy atom. The maximum Gasteiger partial charge on any atom is 0.224 e. The summed E-state index contributed by atoms with van der Waals surface area (Å²) in [5.41, 5.74) is 0.952. The first-order valence-electron chi connectivity index (χ1n) is 6.45. The Kier molecular flexibility index (Phi) is 4.45. The lowest BCUT2D eigenvalue weighted by Gasteiger charge is -2.09. The molecule has 0 saturated heterocycles. The van der Waals surface area contributed by atoms with Crippen molar-refractivity contribution in [3.63, 3.8) is 0 Å². The van der Waals surface area contributed by atoms with Crippen molar-refractivity contribution in [1.29, 1.82) is 0 Å². The van der Waals surface area contributed by atoms with E-state index >= 15 is 0 Å². The molecule has 0 unspecified atom stereocenters. The molecule has 0 atom stereocenters. The van der Waals surface area contributed by atoms with Crippen LogP contribution in [0.2, 0.25) is 0 Å². The van der Waals surface area contributed by atoms with Gasteiger partial charge in [-0.25, -0.2) is 0 Å². The Bertz CT molecular complexity index is 418. The maximum atomic E-state index is 11.6. The lowest BCUT2D eigenvalue weighted by Crippen LogP contribution is -2.25. The molecule has 0 saturated carbocycles. The zero-order chi connectivity index (χ0) is 12.8. The Morgan fingerprint density at radius 2 is 2.06 bits per heavy atom. The number of rotatable bonds is 4. The monoisotopic (exact) mass is 249 g/mol. The smallest absolute Gasteiger partial charge is 0.224 e. The second-order valence-corrected chi connectivity index (χ2v) is 4.36. The normalized spacial score (nSPS) is 13.8. The van der Waals surface area contributed by atoms with Gasteiger partial charge >= 0.3 is 0 Å². The van der Waals surface area contributed by atoms with E-state index in [0.717, 1.165) is 36.4 Å². The van der Waals surface area contributed by atoms with Crippen LogP contribution < -0.4 is 14.8 Å². The van der Waals surface area contributed by atoms with Crippen LogP contribution in [0.1, 0.15) is 25.3 Å². The summed E-state index contributed by atoms with van der Waals surface area (Å²) in [4.78, 5) is 11.6. The first-order chi connectivity index (χ1) is 8.79. The van der Waals surface area contributed by atoms with Crippen LogP contribution in [0, 0.1) is 0 Å². The van der Waals surface area contributed by atoms with E-state index in [1.165, 1.54) is 0 Å². The second-order valence-electron chi connectivity index (χ2n) is 4.36. The van der Waals surface area contributed by atoms with Crippen LogP contribution in [0.4, 0.5) is 0 Å². The minimum absolute atomic E-state index is 0.0475. The molecular formula is C14H19NO3. The van der Waals surface area contributed by atoms with Crippen LogP contribution >= 0.6 is 0 Å². The molecule has 1 N–H and O–H groups in total. The lowest BCUT2D eigenvalue weighted by atomic mass is 10.1. The van der Waals surface area contributed by atoms with Gasteiger partial charge in [0.05, 0.1) is 19.6 Å². The third kappa shape index (κ3) is 3.39. The van der Waals surface area contributed by atoms with E-state index in [1.807, 2.05) is 25.1 Å². The van der Waals surface area contributed by atoms with Crippen LogP contribution in [0.25, 0.3) is 0 Å². The van der Waals surface area contributed by atoms with Crippen molar-refractivity contribution in [3.8, 4) is 11.5 Å². The predicted octanol–water partition coefficient (Wildman–Crippen LogP) is 1.92. The van der Waals surface area contributed by atoms with Gasteiger partial charge in [0.25, 0.3) is 0 Å². The largest absolute Gasteiger partial charge is 0.490 e. The van der Waals surface area contributed by atoms with Crippen LogP contribution in [0.3, 0.4) is 0 Å². The van der Waals surface area contributed by atoms with Gasteiger partial charge in [0, 0.05) is 13.0 Å². The van der Waals surface area contributed by atoms with Gasteiger partial charge in [0.2, 0.25) is 5.91 Å². The highest BCUT2D eigenvalue weighted by atomic mass is 16.5. The summed E-state index contributed by atoms with van der Waals surface area (Å²) in [6.45, 7) is 4.11. The Labute approximate surface area is 107 Å². The minimum atomic E-state index is 0.0475. The van der Waals surface area contributed by atoms with Gasteiger partial charge in [0.15, 0.2) is 11.5 Å². The molecule has 98 valence electrons. The minimum Gasteiger partial charge on any atom is -0.490 e. The molecule has 1 amide bonds. The summed E-state index contributed by atoms with van der Waals surface area (Å²) >= 11 is 0. The fourth-order valence-electron chi connectivity index (χ4n) is 1.83. The number of amides is 1. The number of hydrogen-bond donors (Lipinski definition) is 1. The predicted molar refractivity (Wildman–Crippen MR) is 69.1 cm³/mol. The zero-order valence-electron chi connectivity index (χ0n) is 10.7. The van der Waals surface area contributed by atoms with Gasteiger partial charge in [-0.15, -0.1) is 0 Å². The molecule has 4 heteroatoms. The van der Waals surface area contributed by atoms with E-state index in [4.69, 9.17) is 9.47 Å². The Hall–Kier alpha value is -1.71. The van der Waals surface area contributed by atoms with Crippen molar-refractivity contribution in [2.45, 2.75) is 26.2 Å². The molecule has 1 aromatic carbocycles. The first kappa shape index (κ1) is 12.7. The number of ether oxygens (including phenoxy) is 2. The molecular weight excluding hydrogens is 230 g/mol. The SMILES string of the molecule is CCCNC(=O)Cc1ccc2c(c1)OCCCO2. The molecule has 0 bridgehead atoms. The van der Waals surface area contributed by atoms with Gasteiger partial charge in [-0.05, 0) is 24.1 Å². The maximum absolute atomic E-state index is 11.6. The molecule has 18 heavy (non-hydrogen) atoms. The van der Waals surface area contributed by atoms with E-state index in [1.54, 1.807) is 0 Å². The third-order valence-electron chi connectivity index (χ3n) is 2.75. The lowest BCUT2D eigenvalue weighted by molar-refractivity contribution is -0.120. The van der Waals surface area contributed by atoms with Crippen molar-refractivity contribution in [1.82, 2.24) is 5.32 Å². The Morgan fingerprint density at radius 1 is 1.28 bits per heavy atom. The number of carbonyl (C=O) groups is 1. The molecule has 0 fully saturated rings. The van der Waals surface area contributed by atoms with Gasteiger partial charge in [-0.2, -0.15) is 0 Å². The standard InChI is InChI=1S/C14H19NO3/c1-2-6-15-14(16)10-11-4-5-12-13(9-11)18-8-3-7-17-12/h4-5,9H,2-3,6-8,10H2,1H3,(H,15,16). The van der Waals surface area contributed by atoms with Crippen molar-refractivity contribution in [2.75, 3.05) is 19.8 Å². The second kappa shape index (κ2) is 6.28. The number of fused-ring (bicyclic) bond motifs is 1. The molecule has 1 aliphatic heterocycles. The van der Waals surface area contributed by atoms with Crippen LogP contribution in [-0.2, 0) is 11.2 Å². The van der Waals surface area contributed by atoms with E-state index in [0.29, 0.717) is 19.6 Å². The van der Waals surface area contributed by atoms with E-state index in [9.17, 15) is 4.79 Å². The molecule has 2 rings (SSSR count). The van der Waals surface area contributed by atoms with Gasteiger partial charge in [-0.1, -0.05) is 13.0 Å². The van der Waals surface area contributed by atoms with E-state index < -0.39 is 0 Å². The molecule has 0 spiro atoms. The fourth-order valence-corrected chi connectivity index (χ4v) is 1.83. The van der Waals surface area contributed by atoms with E-state index in [2.05, 4.69) is 5.32 Å². The molecule has 1 aliphatic rings. The zero-order valence-corrected chi connectivity index (χ0v) is 10.7. The number of hydrogen-bond acceptors (Lipinski definition) is 3. The van der Waals surface area contributed by atoms with E-state index in [-0.39, 0.29) is 5.91 Å².